The number of unbranched alkanes of at least 4 members (excludes halogenated alkanes) is 4. The van der Waals surface area contributed by atoms with Gasteiger partial charge in [0.05, 0.1) is 5.76 Å². The van der Waals surface area contributed by atoms with E-state index in [4.69, 9.17) is 0 Å². The average Bonchev–Trinajstić information content (AvgIpc) is 2.48. The summed E-state index contributed by atoms with van der Waals surface area (Å²) >= 11 is 0. The first kappa shape index (κ1) is 11.3. The molecule has 0 atom stereocenters. The quantitative estimate of drug-likeness (QED) is 0.660. The summed E-state index contributed by atoms with van der Waals surface area (Å²) in [6, 6.07) is 0. The van der Waals surface area contributed by atoms with Crippen LogP contribution in [0.3, 0.4) is 0 Å². The Morgan fingerprint density at radius 3 is 2.43 bits per heavy atom. The van der Waals surface area contributed by atoms with E-state index >= 15 is 0 Å². The zero-order chi connectivity index (χ0) is 10.4. The van der Waals surface area contributed by atoms with Crippen LogP contribution in [0.25, 0.3) is 0 Å². The van der Waals surface area contributed by atoms with Crippen molar-refractivity contribution >= 4 is 5.78 Å². The van der Waals surface area contributed by atoms with Gasteiger partial charge in [0.1, 0.15) is 0 Å². The lowest BCUT2D eigenvalue weighted by Gasteiger charge is -2.01. The smallest absolute Gasteiger partial charge is 0.162 e. The van der Waals surface area contributed by atoms with E-state index < -0.39 is 0 Å². The van der Waals surface area contributed by atoms with Crippen molar-refractivity contribution in [1.82, 2.24) is 0 Å². The number of hydrogen-bond donors (Lipinski definition) is 1. The number of allylic oxidation sites excluding steroid dienone is 2. The molecule has 0 aromatic carbocycles. The number of carbonyl (C=O) groups is 1. The van der Waals surface area contributed by atoms with Crippen molar-refractivity contribution < 1.29 is 9.90 Å². The zero-order valence-corrected chi connectivity index (χ0v) is 9.01. The van der Waals surface area contributed by atoms with Crippen LogP contribution in [0, 0.1) is 0 Å². The summed E-state index contributed by atoms with van der Waals surface area (Å²) in [5, 5.41) is 9.42. The molecule has 0 amide bonds. The molecule has 1 N–H and O–H groups in total. The van der Waals surface area contributed by atoms with Crippen LogP contribution < -0.4 is 0 Å². The second-order valence-corrected chi connectivity index (χ2v) is 4.01. The van der Waals surface area contributed by atoms with Crippen LogP contribution >= 0.6 is 0 Å². The summed E-state index contributed by atoms with van der Waals surface area (Å²) in [6.07, 6.45) is 7.88. The van der Waals surface area contributed by atoms with Crippen molar-refractivity contribution in [3.8, 4) is 0 Å². The Hall–Kier alpha value is -0.790. The molecule has 14 heavy (non-hydrogen) atoms. The van der Waals surface area contributed by atoms with E-state index in [1.165, 1.54) is 25.7 Å². The Labute approximate surface area is 86.0 Å². The fraction of sp³-hybridized carbons (Fsp3) is 0.750. The molecular weight excluding hydrogens is 176 g/mol. The van der Waals surface area contributed by atoms with E-state index in [-0.39, 0.29) is 5.78 Å². The summed E-state index contributed by atoms with van der Waals surface area (Å²) in [5.41, 5.74) is 0.710. The van der Waals surface area contributed by atoms with Gasteiger partial charge in [-0.25, -0.2) is 0 Å². The topological polar surface area (TPSA) is 37.3 Å². The largest absolute Gasteiger partial charge is 0.512 e. The summed E-state index contributed by atoms with van der Waals surface area (Å²) in [7, 11) is 0. The first-order chi connectivity index (χ1) is 6.75. The molecule has 2 nitrogen and oxygen atoms in total. The molecular formula is C12H20O2. The van der Waals surface area contributed by atoms with Crippen LogP contribution in [0.4, 0.5) is 0 Å². The number of aliphatic hydroxyl groups excluding tert-OH is 1. The minimum Gasteiger partial charge on any atom is -0.512 e. The molecule has 2 heteroatoms. The third-order valence-corrected chi connectivity index (χ3v) is 2.80. The highest BCUT2D eigenvalue weighted by atomic mass is 16.3. The molecule has 0 aromatic heterocycles. The van der Waals surface area contributed by atoms with Crippen molar-refractivity contribution in [2.45, 2.75) is 58.3 Å². The van der Waals surface area contributed by atoms with Crippen LogP contribution in [0.5, 0.6) is 0 Å². The number of ketones is 1. The van der Waals surface area contributed by atoms with Gasteiger partial charge < -0.3 is 5.11 Å². The van der Waals surface area contributed by atoms with E-state index in [1.807, 2.05) is 0 Å². The van der Waals surface area contributed by atoms with Gasteiger partial charge in [0.25, 0.3) is 0 Å². The Balaban J connectivity index is 2.18. The first-order valence-corrected chi connectivity index (χ1v) is 5.70. The molecule has 0 unspecified atom stereocenters. The molecule has 0 heterocycles. The predicted octanol–water partition coefficient (Wildman–Crippen LogP) is 3.52. The maximum atomic E-state index is 11.3. The fourth-order valence-corrected chi connectivity index (χ4v) is 1.88. The van der Waals surface area contributed by atoms with Gasteiger partial charge in [0, 0.05) is 18.4 Å². The van der Waals surface area contributed by atoms with Crippen molar-refractivity contribution in [2.75, 3.05) is 0 Å². The Morgan fingerprint density at radius 1 is 1.14 bits per heavy atom. The highest BCUT2D eigenvalue weighted by Gasteiger charge is 2.21. The lowest BCUT2D eigenvalue weighted by atomic mass is 10.0. The summed E-state index contributed by atoms with van der Waals surface area (Å²) in [4.78, 5) is 11.3. The molecule has 1 aliphatic rings. The minimum absolute atomic E-state index is 0.165. The minimum atomic E-state index is 0.165. The number of Topliss-reactive ketones (excluding diaryl/α,β-unsaturated/α-hetero) is 1. The van der Waals surface area contributed by atoms with Gasteiger partial charge in [-0.05, 0) is 12.8 Å². The number of carbonyl (C=O) groups excluding carboxylic acids is 1. The van der Waals surface area contributed by atoms with E-state index in [0.29, 0.717) is 24.2 Å². The summed E-state index contributed by atoms with van der Waals surface area (Å²) in [5.74, 6) is 0.517. The van der Waals surface area contributed by atoms with Crippen LogP contribution in [0.2, 0.25) is 0 Å². The van der Waals surface area contributed by atoms with Crippen LogP contribution in [-0.4, -0.2) is 10.9 Å². The number of hydrogen-bond acceptors (Lipinski definition) is 2. The molecule has 0 spiro atoms. The zero-order valence-electron chi connectivity index (χ0n) is 9.01. The van der Waals surface area contributed by atoms with Gasteiger partial charge >= 0.3 is 0 Å². The van der Waals surface area contributed by atoms with E-state index in [9.17, 15) is 9.90 Å². The van der Waals surface area contributed by atoms with E-state index in [2.05, 4.69) is 6.92 Å². The van der Waals surface area contributed by atoms with E-state index in [0.717, 1.165) is 12.8 Å². The molecule has 0 aliphatic heterocycles. The van der Waals surface area contributed by atoms with Crippen LogP contribution in [-0.2, 0) is 4.79 Å². The lowest BCUT2D eigenvalue weighted by Crippen LogP contribution is -1.96. The van der Waals surface area contributed by atoms with Gasteiger partial charge in [-0.15, -0.1) is 0 Å². The van der Waals surface area contributed by atoms with Crippen molar-refractivity contribution in [2.24, 2.45) is 0 Å². The lowest BCUT2D eigenvalue weighted by molar-refractivity contribution is -0.115. The SMILES string of the molecule is CCCCCCCC1=C(O)CCC1=O. The van der Waals surface area contributed by atoms with Gasteiger partial charge in [-0.2, -0.15) is 0 Å². The Bertz CT molecular complexity index is 228. The number of rotatable bonds is 6. The maximum Gasteiger partial charge on any atom is 0.162 e. The highest BCUT2D eigenvalue weighted by molar-refractivity contribution is 5.98. The third kappa shape index (κ3) is 3.17. The van der Waals surface area contributed by atoms with Crippen LogP contribution in [0.15, 0.2) is 11.3 Å². The van der Waals surface area contributed by atoms with Crippen molar-refractivity contribution in [3.63, 3.8) is 0 Å². The van der Waals surface area contributed by atoms with Gasteiger partial charge in [0.2, 0.25) is 0 Å². The van der Waals surface area contributed by atoms with Gasteiger partial charge in [-0.1, -0.05) is 32.6 Å². The maximum absolute atomic E-state index is 11.3. The first-order valence-electron chi connectivity index (χ1n) is 5.70. The Morgan fingerprint density at radius 2 is 1.86 bits per heavy atom. The van der Waals surface area contributed by atoms with Gasteiger partial charge in [-0.3, -0.25) is 4.79 Å². The summed E-state index contributed by atoms with van der Waals surface area (Å²) < 4.78 is 0. The fourth-order valence-electron chi connectivity index (χ4n) is 1.88. The second-order valence-electron chi connectivity index (χ2n) is 4.01. The monoisotopic (exact) mass is 196 g/mol. The van der Waals surface area contributed by atoms with Crippen molar-refractivity contribution in [3.05, 3.63) is 11.3 Å². The molecule has 0 radical (unpaired) electrons. The average molecular weight is 196 g/mol. The molecule has 0 bridgehead atoms. The number of aliphatic hydroxyl groups is 1. The molecule has 0 fully saturated rings. The molecule has 1 aliphatic carbocycles. The van der Waals surface area contributed by atoms with E-state index in [1.54, 1.807) is 0 Å². The molecule has 80 valence electrons. The van der Waals surface area contributed by atoms with Crippen LogP contribution in [0.1, 0.15) is 58.3 Å². The standard InChI is InChI=1S/C12H20O2/c1-2-3-4-5-6-7-10-11(13)8-9-12(10)14/h13H,2-9H2,1H3. The third-order valence-electron chi connectivity index (χ3n) is 2.80. The predicted molar refractivity (Wildman–Crippen MR) is 57.3 cm³/mol. The normalized spacial score (nSPS) is 16.8. The molecule has 0 saturated carbocycles. The second kappa shape index (κ2) is 5.84. The Kier molecular flexibility index (Phi) is 4.71. The van der Waals surface area contributed by atoms with Crippen molar-refractivity contribution in [1.29, 1.82) is 0 Å². The molecule has 1 rings (SSSR count). The molecule has 0 aromatic rings. The van der Waals surface area contributed by atoms with Gasteiger partial charge in [0.15, 0.2) is 5.78 Å². The highest BCUT2D eigenvalue weighted by Crippen LogP contribution is 2.25. The molecule has 0 saturated heterocycles. The summed E-state index contributed by atoms with van der Waals surface area (Å²) in [6.45, 7) is 2.19.